The van der Waals surface area contributed by atoms with Crippen LogP contribution in [0.15, 0.2) is 85.1 Å². The topological polar surface area (TPSA) is 43.4 Å². The Balaban J connectivity index is 1.32. The van der Waals surface area contributed by atoms with E-state index in [1.807, 2.05) is 0 Å². The van der Waals surface area contributed by atoms with Gasteiger partial charge in [-0.1, -0.05) is 60.7 Å². The van der Waals surface area contributed by atoms with Gasteiger partial charge in [0.05, 0.1) is 19.3 Å². The molecule has 0 bridgehead atoms. The summed E-state index contributed by atoms with van der Waals surface area (Å²) in [6, 6.07) is 29.2. The number of aromatic nitrogens is 1. The molecule has 3 heterocycles. The Bertz CT molecular complexity index is 1560. The largest absolute Gasteiger partial charge is 0.377 e. The first-order valence-electron chi connectivity index (χ1n) is 12.6. The molecule has 2 aliphatic heterocycles. The molecule has 1 aromatic heterocycles. The van der Waals surface area contributed by atoms with Crippen LogP contribution in [0.1, 0.15) is 22.7 Å². The Morgan fingerprint density at radius 2 is 1.77 bits per heavy atom. The van der Waals surface area contributed by atoms with E-state index in [1.165, 1.54) is 55.2 Å². The van der Waals surface area contributed by atoms with Gasteiger partial charge in [-0.05, 0) is 64.2 Å². The minimum atomic E-state index is 0.401. The van der Waals surface area contributed by atoms with Crippen LogP contribution >= 0.6 is 0 Å². The van der Waals surface area contributed by atoms with Crippen molar-refractivity contribution in [2.45, 2.75) is 19.0 Å². The second kappa shape index (κ2) is 8.26. The summed E-state index contributed by atoms with van der Waals surface area (Å²) in [6.45, 7) is 4.12. The number of nitrogens with two attached hydrogens (primary N) is 1. The third-order valence-electron chi connectivity index (χ3n) is 7.76. The van der Waals surface area contributed by atoms with E-state index < -0.39 is 0 Å². The van der Waals surface area contributed by atoms with Gasteiger partial charge in [0.25, 0.3) is 0 Å². The Morgan fingerprint density at radius 3 is 2.71 bits per heavy atom. The molecule has 5 aromatic rings. The fraction of sp³-hybridized carbons (Fsp3) is 0.226. The number of nitrogens with zero attached hydrogens (tertiary/aromatic N) is 2. The number of ether oxygens (including phenoxy) is 1. The summed E-state index contributed by atoms with van der Waals surface area (Å²) in [6.07, 6.45) is 3.19. The first-order chi connectivity index (χ1) is 17.3. The van der Waals surface area contributed by atoms with Crippen LogP contribution in [0.25, 0.3) is 32.8 Å². The molecule has 0 radical (unpaired) electrons. The molecule has 0 saturated carbocycles. The highest BCUT2D eigenvalue weighted by Crippen LogP contribution is 2.46. The van der Waals surface area contributed by atoms with Gasteiger partial charge in [0, 0.05) is 41.4 Å². The van der Waals surface area contributed by atoms with Crippen LogP contribution in [-0.4, -0.2) is 30.9 Å². The highest BCUT2D eigenvalue weighted by atomic mass is 16.5. The van der Waals surface area contributed by atoms with Gasteiger partial charge < -0.3 is 19.9 Å². The molecule has 4 heteroatoms. The molecule has 35 heavy (non-hydrogen) atoms. The smallest absolute Gasteiger partial charge is 0.0800 e. The molecule has 1 atom stereocenters. The Labute approximate surface area is 205 Å². The van der Waals surface area contributed by atoms with Crippen molar-refractivity contribution in [3.05, 3.63) is 102 Å². The lowest BCUT2D eigenvalue weighted by Gasteiger charge is -2.48. The number of hydrogen-bond acceptors (Lipinski definition) is 3. The van der Waals surface area contributed by atoms with Crippen LogP contribution in [0.4, 0.5) is 5.69 Å². The van der Waals surface area contributed by atoms with Gasteiger partial charge in [0.1, 0.15) is 0 Å². The lowest BCUT2D eigenvalue weighted by Crippen LogP contribution is -2.47. The van der Waals surface area contributed by atoms with Gasteiger partial charge in [0.2, 0.25) is 0 Å². The second-order valence-corrected chi connectivity index (χ2v) is 9.71. The zero-order chi connectivity index (χ0) is 23.4. The first-order valence-corrected chi connectivity index (χ1v) is 12.6. The van der Waals surface area contributed by atoms with Gasteiger partial charge in [-0.25, -0.2) is 0 Å². The van der Waals surface area contributed by atoms with Gasteiger partial charge in [0.15, 0.2) is 0 Å². The van der Waals surface area contributed by atoms with E-state index in [4.69, 9.17) is 10.5 Å². The molecule has 7 rings (SSSR count). The van der Waals surface area contributed by atoms with E-state index in [0.29, 0.717) is 12.6 Å². The van der Waals surface area contributed by atoms with E-state index >= 15 is 0 Å². The number of anilines is 1. The zero-order valence-electron chi connectivity index (χ0n) is 19.8. The quantitative estimate of drug-likeness (QED) is 0.356. The fourth-order valence-electron chi connectivity index (χ4n) is 6.12. The van der Waals surface area contributed by atoms with Crippen molar-refractivity contribution in [1.29, 1.82) is 0 Å². The normalized spacial score (nSPS) is 16.8. The van der Waals surface area contributed by atoms with Crippen LogP contribution in [0, 0.1) is 0 Å². The maximum atomic E-state index is 6.03. The fourth-order valence-corrected chi connectivity index (χ4v) is 6.12. The summed E-state index contributed by atoms with van der Waals surface area (Å²) < 4.78 is 8.21. The standard InChI is InChI=1S/C31H29N3O/c32-14-13-23-18-33(19-24-7-4-10-29-31(24)30-20-35-16-15-34(29)30)28-12-11-22(17-27(23)28)26-9-3-6-21-5-1-2-8-25(21)26/h1-12,17-18,30H,13-16,19-20,32H2. The molecule has 0 aliphatic carbocycles. The Hall–Kier alpha value is -3.60. The number of benzene rings is 4. The van der Waals surface area contributed by atoms with Gasteiger partial charge >= 0.3 is 0 Å². The molecule has 174 valence electrons. The average molecular weight is 460 g/mol. The van der Waals surface area contributed by atoms with Crippen LogP contribution in [-0.2, 0) is 17.7 Å². The molecular formula is C31H29N3O. The molecule has 1 unspecified atom stereocenters. The van der Waals surface area contributed by atoms with Crippen molar-refractivity contribution in [3.8, 4) is 11.1 Å². The summed E-state index contributed by atoms with van der Waals surface area (Å²) in [5.41, 5.74) is 15.4. The van der Waals surface area contributed by atoms with Crippen LogP contribution in [0.2, 0.25) is 0 Å². The molecule has 2 N–H and O–H groups in total. The summed E-state index contributed by atoms with van der Waals surface area (Å²) in [5, 5.41) is 3.86. The third-order valence-corrected chi connectivity index (χ3v) is 7.76. The lowest BCUT2D eigenvalue weighted by atomic mass is 9.88. The third kappa shape index (κ3) is 3.28. The number of morpholine rings is 1. The number of hydrogen-bond donors (Lipinski definition) is 1. The monoisotopic (exact) mass is 459 g/mol. The number of rotatable bonds is 5. The minimum Gasteiger partial charge on any atom is -0.377 e. The lowest BCUT2D eigenvalue weighted by molar-refractivity contribution is 0.0862. The maximum Gasteiger partial charge on any atom is 0.0800 e. The molecule has 1 fully saturated rings. The van der Waals surface area contributed by atoms with Crippen molar-refractivity contribution < 1.29 is 4.74 Å². The van der Waals surface area contributed by atoms with Crippen molar-refractivity contribution in [2.24, 2.45) is 5.73 Å². The van der Waals surface area contributed by atoms with E-state index in [9.17, 15) is 0 Å². The predicted molar refractivity (Wildman–Crippen MR) is 144 cm³/mol. The number of fused-ring (bicyclic) bond motifs is 6. The van der Waals surface area contributed by atoms with E-state index in [1.54, 1.807) is 0 Å². The van der Waals surface area contributed by atoms with E-state index in [0.717, 1.165) is 32.7 Å². The molecule has 4 nitrogen and oxygen atoms in total. The zero-order valence-corrected chi connectivity index (χ0v) is 19.8. The van der Waals surface area contributed by atoms with Gasteiger partial charge in [-0.2, -0.15) is 0 Å². The Morgan fingerprint density at radius 1 is 0.886 bits per heavy atom. The minimum absolute atomic E-state index is 0.401. The molecule has 0 amide bonds. The summed E-state index contributed by atoms with van der Waals surface area (Å²) in [7, 11) is 0. The second-order valence-electron chi connectivity index (χ2n) is 9.71. The van der Waals surface area contributed by atoms with Crippen molar-refractivity contribution in [2.75, 3.05) is 31.2 Å². The highest BCUT2D eigenvalue weighted by molar-refractivity contribution is 5.99. The summed E-state index contributed by atoms with van der Waals surface area (Å²) in [4.78, 5) is 2.49. The van der Waals surface area contributed by atoms with Crippen LogP contribution in [0.3, 0.4) is 0 Å². The highest BCUT2D eigenvalue weighted by Gasteiger charge is 2.38. The van der Waals surface area contributed by atoms with Crippen LogP contribution < -0.4 is 10.6 Å². The predicted octanol–water partition coefficient (Wildman–Crippen LogP) is 5.90. The molecule has 4 aromatic carbocycles. The SMILES string of the molecule is NCCc1cn(Cc2cccc3c2C2COCCN32)c2ccc(-c3cccc4ccccc34)cc12. The maximum absolute atomic E-state index is 6.03. The Kier molecular flexibility index (Phi) is 4.90. The van der Waals surface area contributed by atoms with Gasteiger partial charge in [-0.15, -0.1) is 0 Å². The van der Waals surface area contributed by atoms with E-state index in [-0.39, 0.29) is 0 Å². The van der Waals surface area contributed by atoms with Gasteiger partial charge in [-0.3, -0.25) is 0 Å². The molecule has 0 spiro atoms. The van der Waals surface area contributed by atoms with E-state index in [2.05, 4.69) is 94.5 Å². The molecular weight excluding hydrogens is 430 g/mol. The first kappa shape index (κ1) is 20.7. The van der Waals surface area contributed by atoms with Crippen molar-refractivity contribution in [1.82, 2.24) is 4.57 Å². The van der Waals surface area contributed by atoms with Crippen molar-refractivity contribution >= 4 is 27.4 Å². The summed E-state index contributed by atoms with van der Waals surface area (Å²) in [5.74, 6) is 0. The molecule has 2 aliphatic rings. The van der Waals surface area contributed by atoms with Crippen LogP contribution in [0.5, 0.6) is 0 Å². The average Bonchev–Trinajstić information content (AvgIpc) is 3.23. The van der Waals surface area contributed by atoms with Crippen molar-refractivity contribution in [3.63, 3.8) is 0 Å². The molecule has 1 saturated heterocycles. The summed E-state index contributed by atoms with van der Waals surface area (Å²) >= 11 is 0.